The fourth-order valence-corrected chi connectivity index (χ4v) is 3.43. The van der Waals surface area contributed by atoms with E-state index in [1.54, 1.807) is 0 Å². The summed E-state index contributed by atoms with van der Waals surface area (Å²) in [4.78, 5) is 2.67. The fraction of sp³-hybridized carbons (Fsp3) is 1.00. The second kappa shape index (κ2) is 10.6. The molecule has 0 spiro atoms. The summed E-state index contributed by atoms with van der Waals surface area (Å²) in [5.74, 6) is 0. The molecule has 0 bridgehead atoms. The third-order valence-corrected chi connectivity index (χ3v) is 4.53. The number of nitrogens with one attached hydrogen (secondary N) is 1. The Morgan fingerprint density at radius 3 is 2.45 bits per heavy atom. The van der Waals surface area contributed by atoms with Gasteiger partial charge in [-0.15, -0.1) is 0 Å². The van der Waals surface area contributed by atoms with Gasteiger partial charge in [0.25, 0.3) is 0 Å². The molecule has 3 heteroatoms. The minimum Gasteiger partial charge on any atom is -0.383 e. The van der Waals surface area contributed by atoms with Crippen LogP contribution in [0.1, 0.15) is 65.7 Å². The van der Waals surface area contributed by atoms with E-state index in [2.05, 4.69) is 31.0 Å². The zero-order valence-corrected chi connectivity index (χ0v) is 14.2. The molecule has 2 unspecified atom stereocenters. The van der Waals surface area contributed by atoms with E-state index in [0.29, 0.717) is 18.1 Å². The minimum atomic E-state index is 0.598. The Morgan fingerprint density at radius 2 is 1.85 bits per heavy atom. The van der Waals surface area contributed by atoms with Gasteiger partial charge in [-0.1, -0.05) is 32.6 Å². The lowest BCUT2D eigenvalue weighted by Crippen LogP contribution is -2.53. The quantitative estimate of drug-likeness (QED) is 0.739. The standard InChI is InChI=1S/C17H36N2O/c1-5-12-18-16-10-8-6-7-9-11-17(16)19(15(2)3)13-14-20-4/h15-18H,5-14H2,1-4H3. The first-order chi connectivity index (χ1) is 9.70. The largest absolute Gasteiger partial charge is 0.383 e. The average Bonchev–Trinajstić information content (AvgIpc) is 2.40. The topological polar surface area (TPSA) is 24.5 Å². The van der Waals surface area contributed by atoms with Gasteiger partial charge < -0.3 is 10.1 Å². The highest BCUT2D eigenvalue weighted by atomic mass is 16.5. The van der Waals surface area contributed by atoms with E-state index >= 15 is 0 Å². The van der Waals surface area contributed by atoms with Crippen molar-refractivity contribution in [3.05, 3.63) is 0 Å². The second-order valence-electron chi connectivity index (χ2n) is 6.44. The number of methoxy groups -OCH3 is 1. The van der Waals surface area contributed by atoms with Crippen LogP contribution in [0, 0.1) is 0 Å². The Kier molecular flexibility index (Phi) is 9.49. The lowest BCUT2D eigenvalue weighted by Gasteiger charge is -2.41. The van der Waals surface area contributed by atoms with E-state index in [-0.39, 0.29) is 0 Å². The summed E-state index contributed by atoms with van der Waals surface area (Å²) >= 11 is 0. The van der Waals surface area contributed by atoms with Crippen LogP contribution in [0.2, 0.25) is 0 Å². The summed E-state index contributed by atoms with van der Waals surface area (Å²) in [6.45, 7) is 9.96. The van der Waals surface area contributed by atoms with Crippen molar-refractivity contribution in [3.63, 3.8) is 0 Å². The van der Waals surface area contributed by atoms with Crippen molar-refractivity contribution in [1.29, 1.82) is 0 Å². The van der Waals surface area contributed by atoms with Crippen LogP contribution in [0.15, 0.2) is 0 Å². The van der Waals surface area contributed by atoms with Gasteiger partial charge >= 0.3 is 0 Å². The summed E-state index contributed by atoms with van der Waals surface area (Å²) in [7, 11) is 1.81. The summed E-state index contributed by atoms with van der Waals surface area (Å²) in [6.07, 6.45) is 9.48. The first-order valence-electron chi connectivity index (χ1n) is 8.68. The van der Waals surface area contributed by atoms with E-state index in [1.165, 1.54) is 44.9 Å². The number of hydrogen-bond donors (Lipinski definition) is 1. The molecule has 0 aromatic carbocycles. The highest BCUT2D eigenvalue weighted by molar-refractivity contribution is 4.87. The Balaban J connectivity index is 2.71. The van der Waals surface area contributed by atoms with Gasteiger partial charge in [0, 0.05) is 31.8 Å². The third-order valence-electron chi connectivity index (χ3n) is 4.53. The predicted molar refractivity (Wildman–Crippen MR) is 87.3 cm³/mol. The second-order valence-corrected chi connectivity index (χ2v) is 6.44. The highest BCUT2D eigenvalue weighted by Gasteiger charge is 2.29. The maximum Gasteiger partial charge on any atom is 0.0589 e. The summed E-state index contributed by atoms with van der Waals surface area (Å²) < 4.78 is 5.32. The van der Waals surface area contributed by atoms with Gasteiger partial charge in [-0.3, -0.25) is 4.90 Å². The fourth-order valence-electron chi connectivity index (χ4n) is 3.43. The molecule has 1 fully saturated rings. The summed E-state index contributed by atoms with van der Waals surface area (Å²) in [6, 6.07) is 1.94. The molecule has 0 heterocycles. The SMILES string of the molecule is CCCNC1CCCCCCC1N(CCOC)C(C)C. The Morgan fingerprint density at radius 1 is 1.15 bits per heavy atom. The van der Waals surface area contributed by atoms with Crippen molar-refractivity contribution in [2.75, 3.05) is 26.8 Å². The number of hydrogen-bond acceptors (Lipinski definition) is 3. The van der Waals surface area contributed by atoms with Crippen LogP contribution in [0.3, 0.4) is 0 Å². The van der Waals surface area contributed by atoms with Crippen molar-refractivity contribution >= 4 is 0 Å². The van der Waals surface area contributed by atoms with Crippen LogP contribution >= 0.6 is 0 Å². The van der Waals surface area contributed by atoms with E-state index in [4.69, 9.17) is 4.74 Å². The van der Waals surface area contributed by atoms with E-state index < -0.39 is 0 Å². The van der Waals surface area contributed by atoms with Gasteiger partial charge in [0.2, 0.25) is 0 Å². The van der Waals surface area contributed by atoms with Gasteiger partial charge in [-0.05, 0) is 39.7 Å². The molecule has 0 aliphatic heterocycles. The van der Waals surface area contributed by atoms with Crippen molar-refractivity contribution in [2.24, 2.45) is 0 Å². The highest BCUT2D eigenvalue weighted by Crippen LogP contribution is 2.23. The van der Waals surface area contributed by atoms with Gasteiger partial charge in [-0.2, -0.15) is 0 Å². The van der Waals surface area contributed by atoms with Crippen LogP contribution in [-0.4, -0.2) is 49.8 Å². The molecule has 1 rings (SSSR count). The molecule has 20 heavy (non-hydrogen) atoms. The van der Waals surface area contributed by atoms with E-state index in [0.717, 1.165) is 19.7 Å². The number of ether oxygens (including phenoxy) is 1. The van der Waals surface area contributed by atoms with Gasteiger partial charge in [0.1, 0.15) is 0 Å². The van der Waals surface area contributed by atoms with Crippen molar-refractivity contribution in [3.8, 4) is 0 Å². The number of nitrogens with zero attached hydrogens (tertiary/aromatic N) is 1. The predicted octanol–water partition coefficient (Wildman–Crippen LogP) is 3.43. The Bertz CT molecular complexity index is 231. The zero-order valence-electron chi connectivity index (χ0n) is 14.2. The molecule has 1 N–H and O–H groups in total. The molecule has 0 radical (unpaired) electrons. The smallest absolute Gasteiger partial charge is 0.0589 e. The molecule has 0 saturated heterocycles. The maximum atomic E-state index is 5.32. The van der Waals surface area contributed by atoms with Crippen LogP contribution in [-0.2, 0) is 4.74 Å². The minimum absolute atomic E-state index is 0.598. The molecule has 0 aromatic heterocycles. The van der Waals surface area contributed by atoms with Crippen LogP contribution in [0.5, 0.6) is 0 Å². The summed E-state index contributed by atoms with van der Waals surface area (Å²) in [5.41, 5.74) is 0. The van der Waals surface area contributed by atoms with E-state index in [1.807, 2.05) is 7.11 Å². The third kappa shape index (κ3) is 6.11. The Labute approximate surface area is 126 Å². The monoisotopic (exact) mass is 284 g/mol. The Hall–Kier alpha value is -0.120. The van der Waals surface area contributed by atoms with Gasteiger partial charge in [0.15, 0.2) is 0 Å². The molecule has 1 aliphatic rings. The molecule has 0 aromatic rings. The molecular formula is C17H36N2O. The first kappa shape index (κ1) is 17.9. The molecule has 2 atom stereocenters. The normalized spacial score (nSPS) is 24.9. The van der Waals surface area contributed by atoms with E-state index in [9.17, 15) is 0 Å². The molecule has 0 amide bonds. The molecule has 1 saturated carbocycles. The summed E-state index contributed by atoms with van der Waals surface area (Å²) in [5, 5.41) is 3.82. The van der Waals surface area contributed by atoms with Crippen molar-refractivity contribution in [2.45, 2.75) is 83.8 Å². The van der Waals surface area contributed by atoms with Gasteiger partial charge in [-0.25, -0.2) is 0 Å². The maximum absolute atomic E-state index is 5.32. The number of rotatable bonds is 8. The van der Waals surface area contributed by atoms with Gasteiger partial charge in [0.05, 0.1) is 6.61 Å². The molecule has 120 valence electrons. The van der Waals surface area contributed by atoms with Crippen molar-refractivity contribution < 1.29 is 4.74 Å². The average molecular weight is 284 g/mol. The lowest BCUT2D eigenvalue weighted by molar-refractivity contribution is 0.0670. The van der Waals surface area contributed by atoms with Crippen LogP contribution < -0.4 is 5.32 Å². The molecule has 1 aliphatic carbocycles. The van der Waals surface area contributed by atoms with Crippen molar-refractivity contribution in [1.82, 2.24) is 10.2 Å². The molecular weight excluding hydrogens is 248 g/mol. The lowest BCUT2D eigenvalue weighted by atomic mass is 9.90. The van der Waals surface area contributed by atoms with Crippen LogP contribution in [0.4, 0.5) is 0 Å². The van der Waals surface area contributed by atoms with Crippen LogP contribution in [0.25, 0.3) is 0 Å². The first-order valence-corrected chi connectivity index (χ1v) is 8.68. The zero-order chi connectivity index (χ0) is 14.8. The molecule has 3 nitrogen and oxygen atoms in total.